The Kier molecular flexibility index (Phi) is 5.88. The molecule has 16 heavy (non-hydrogen) atoms. The van der Waals surface area contributed by atoms with E-state index in [1.807, 2.05) is 6.07 Å². The van der Waals surface area contributed by atoms with Crippen LogP contribution in [0.1, 0.15) is 16.1 Å². The summed E-state index contributed by atoms with van der Waals surface area (Å²) >= 11 is 1.75. The molecule has 88 valence electrons. The third-order valence-electron chi connectivity index (χ3n) is 1.93. The van der Waals surface area contributed by atoms with Crippen LogP contribution in [0, 0.1) is 0 Å². The van der Waals surface area contributed by atoms with Crippen LogP contribution in [-0.2, 0) is 15.2 Å². The van der Waals surface area contributed by atoms with E-state index in [-0.39, 0.29) is 5.97 Å². The summed E-state index contributed by atoms with van der Waals surface area (Å²) in [5.74, 6) is 1.41. The van der Waals surface area contributed by atoms with Crippen LogP contribution >= 0.6 is 11.8 Å². The van der Waals surface area contributed by atoms with E-state index in [1.165, 1.54) is 13.3 Å². The van der Waals surface area contributed by atoms with Crippen molar-refractivity contribution in [3.05, 3.63) is 29.6 Å². The number of hydrogen-bond acceptors (Lipinski definition) is 5. The smallest absolute Gasteiger partial charge is 0.339 e. The van der Waals surface area contributed by atoms with Crippen LogP contribution < -0.4 is 0 Å². The van der Waals surface area contributed by atoms with Crippen molar-refractivity contribution in [1.29, 1.82) is 0 Å². The van der Waals surface area contributed by atoms with Gasteiger partial charge in [-0.15, -0.1) is 0 Å². The van der Waals surface area contributed by atoms with E-state index in [2.05, 4.69) is 9.72 Å². The Morgan fingerprint density at radius 2 is 2.25 bits per heavy atom. The molecule has 0 bridgehead atoms. The van der Waals surface area contributed by atoms with Crippen LogP contribution in [0.3, 0.4) is 0 Å². The van der Waals surface area contributed by atoms with Gasteiger partial charge in [0.05, 0.1) is 25.0 Å². The van der Waals surface area contributed by atoms with Crippen molar-refractivity contribution < 1.29 is 14.3 Å². The number of rotatable bonds is 6. The Bertz CT molecular complexity index is 327. The van der Waals surface area contributed by atoms with Gasteiger partial charge in [-0.25, -0.2) is 4.79 Å². The largest absolute Gasteiger partial charge is 0.465 e. The van der Waals surface area contributed by atoms with Crippen LogP contribution in [0.15, 0.2) is 18.3 Å². The molecule has 1 rings (SSSR count). The molecule has 0 amide bonds. The molecule has 0 spiro atoms. The monoisotopic (exact) mass is 241 g/mol. The molecular weight excluding hydrogens is 226 g/mol. The molecule has 0 atom stereocenters. The van der Waals surface area contributed by atoms with Gasteiger partial charge in [0.25, 0.3) is 0 Å². The summed E-state index contributed by atoms with van der Waals surface area (Å²) in [6.45, 7) is 0.741. The minimum absolute atomic E-state index is 0.355. The molecule has 0 unspecified atom stereocenters. The van der Waals surface area contributed by atoms with Crippen molar-refractivity contribution >= 4 is 17.7 Å². The van der Waals surface area contributed by atoms with Crippen molar-refractivity contribution in [2.75, 3.05) is 26.6 Å². The van der Waals surface area contributed by atoms with Crippen molar-refractivity contribution in [3.63, 3.8) is 0 Å². The van der Waals surface area contributed by atoms with E-state index in [0.717, 1.165) is 23.8 Å². The second kappa shape index (κ2) is 7.24. The zero-order valence-electron chi connectivity index (χ0n) is 9.43. The summed E-state index contributed by atoms with van der Waals surface area (Å²) in [5.41, 5.74) is 1.43. The molecule has 1 aromatic rings. The van der Waals surface area contributed by atoms with Gasteiger partial charge in [0.15, 0.2) is 0 Å². The third-order valence-corrected chi connectivity index (χ3v) is 2.88. The Labute approximate surface area is 99.4 Å². The zero-order chi connectivity index (χ0) is 11.8. The average Bonchev–Trinajstić information content (AvgIpc) is 2.34. The van der Waals surface area contributed by atoms with E-state index < -0.39 is 0 Å². The van der Waals surface area contributed by atoms with Crippen molar-refractivity contribution in [2.24, 2.45) is 0 Å². The molecule has 0 radical (unpaired) electrons. The van der Waals surface area contributed by atoms with Gasteiger partial charge in [-0.2, -0.15) is 11.8 Å². The topological polar surface area (TPSA) is 48.4 Å². The van der Waals surface area contributed by atoms with Gasteiger partial charge >= 0.3 is 5.97 Å². The number of nitrogens with zero attached hydrogens (tertiary/aromatic N) is 1. The van der Waals surface area contributed by atoms with E-state index in [1.54, 1.807) is 24.9 Å². The molecule has 0 aliphatic rings. The molecule has 0 N–H and O–H groups in total. The quantitative estimate of drug-likeness (QED) is 0.561. The van der Waals surface area contributed by atoms with Gasteiger partial charge in [-0.05, 0) is 12.1 Å². The van der Waals surface area contributed by atoms with Crippen molar-refractivity contribution in [1.82, 2.24) is 4.98 Å². The van der Waals surface area contributed by atoms with Crippen LogP contribution in [0.25, 0.3) is 0 Å². The van der Waals surface area contributed by atoms with Gasteiger partial charge in [0.1, 0.15) is 0 Å². The van der Waals surface area contributed by atoms with Crippen LogP contribution in [0.4, 0.5) is 0 Å². The molecule has 0 aromatic carbocycles. The highest BCUT2D eigenvalue weighted by Gasteiger charge is 2.05. The van der Waals surface area contributed by atoms with Gasteiger partial charge in [-0.3, -0.25) is 4.98 Å². The van der Waals surface area contributed by atoms with E-state index in [4.69, 9.17) is 4.74 Å². The summed E-state index contributed by atoms with van der Waals surface area (Å²) in [7, 11) is 3.04. The minimum Gasteiger partial charge on any atom is -0.465 e. The summed E-state index contributed by atoms with van der Waals surface area (Å²) in [6, 6.07) is 3.57. The molecular formula is C11H15NO3S. The number of methoxy groups -OCH3 is 2. The van der Waals surface area contributed by atoms with Crippen molar-refractivity contribution in [3.8, 4) is 0 Å². The average molecular weight is 241 g/mol. The van der Waals surface area contributed by atoms with Gasteiger partial charge < -0.3 is 9.47 Å². The predicted molar refractivity (Wildman–Crippen MR) is 63.6 cm³/mol. The Hall–Kier alpha value is -1.07. The molecule has 4 nitrogen and oxygen atoms in total. The van der Waals surface area contributed by atoms with E-state index >= 15 is 0 Å². The third kappa shape index (κ3) is 4.20. The second-order valence-electron chi connectivity index (χ2n) is 3.08. The highest BCUT2D eigenvalue weighted by molar-refractivity contribution is 7.98. The first kappa shape index (κ1) is 13.0. The lowest BCUT2D eigenvalue weighted by atomic mass is 10.2. The lowest BCUT2D eigenvalue weighted by Crippen LogP contribution is -2.02. The molecule has 0 aliphatic heterocycles. The molecule has 5 heteroatoms. The van der Waals surface area contributed by atoms with Crippen molar-refractivity contribution in [2.45, 2.75) is 5.75 Å². The number of pyridine rings is 1. The predicted octanol–water partition coefficient (Wildman–Crippen LogP) is 1.75. The maximum absolute atomic E-state index is 11.1. The molecule has 0 saturated carbocycles. The number of carbonyl (C=O) groups excluding carboxylic acids is 1. The number of aromatic nitrogens is 1. The number of carbonyl (C=O) groups is 1. The fourth-order valence-electron chi connectivity index (χ4n) is 1.07. The maximum Gasteiger partial charge on any atom is 0.339 e. The zero-order valence-corrected chi connectivity index (χ0v) is 10.3. The SMILES string of the molecule is COCCSCc1ccc(C(=O)OC)cn1. The Morgan fingerprint density at radius 1 is 1.44 bits per heavy atom. The highest BCUT2D eigenvalue weighted by atomic mass is 32.2. The molecule has 0 aliphatic carbocycles. The molecule has 1 aromatic heterocycles. The summed E-state index contributed by atoms with van der Waals surface area (Å²) in [5, 5.41) is 0. The lowest BCUT2D eigenvalue weighted by molar-refractivity contribution is 0.0600. The first-order valence-electron chi connectivity index (χ1n) is 4.88. The first-order valence-corrected chi connectivity index (χ1v) is 6.03. The summed E-state index contributed by atoms with van der Waals surface area (Å²) in [4.78, 5) is 15.3. The van der Waals surface area contributed by atoms with Gasteiger partial charge in [0.2, 0.25) is 0 Å². The van der Waals surface area contributed by atoms with Gasteiger partial charge in [0, 0.05) is 24.8 Å². The lowest BCUT2D eigenvalue weighted by Gasteiger charge is -2.02. The number of hydrogen-bond donors (Lipinski definition) is 0. The van der Waals surface area contributed by atoms with E-state index in [0.29, 0.717) is 5.56 Å². The first-order chi connectivity index (χ1) is 7.77. The fraction of sp³-hybridized carbons (Fsp3) is 0.455. The second-order valence-corrected chi connectivity index (χ2v) is 4.18. The maximum atomic E-state index is 11.1. The van der Waals surface area contributed by atoms with Crippen LogP contribution in [-0.4, -0.2) is 37.5 Å². The molecule has 0 saturated heterocycles. The summed E-state index contributed by atoms with van der Waals surface area (Å²) < 4.78 is 9.53. The Balaban J connectivity index is 2.42. The number of ether oxygens (including phenoxy) is 2. The molecule has 0 fully saturated rings. The normalized spacial score (nSPS) is 10.1. The van der Waals surface area contributed by atoms with E-state index in [9.17, 15) is 4.79 Å². The minimum atomic E-state index is -0.355. The number of esters is 1. The van der Waals surface area contributed by atoms with Crippen LogP contribution in [0.5, 0.6) is 0 Å². The fourth-order valence-corrected chi connectivity index (χ4v) is 1.88. The highest BCUT2D eigenvalue weighted by Crippen LogP contribution is 2.10. The van der Waals surface area contributed by atoms with Gasteiger partial charge in [-0.1, -0.05) is 0 Å². The number of thioether (sulfide) groups is 1. The van der Waals surface area contributed by atoms with Crippen LogP contribution in [0.2, 0.25) is 0 Å². The Morgan fingerprint density at radius 3 is 2.81 bits per heavy atom. The standard InChI is InChI=1S/C11H15NO3S/c1-14-5-6-16-8-10-4-3-9(7-12-10)11(13)15-2/h3-4,7H,5-6,8H2,1-2H3. The summed E-state index contributed by atoms with van der Waals surface area (Å²) in [6.07, 6.45) is 1.54. The molecule has 1 heterocycles.